The molecule has 0 radical (unpaired) electrons. The fourth-order valence-electron chi connectivity index (χ4n) is 1.04. The van der Waals surface area contributed by atoms with Crippen molar-refractivity contribution in [2.75, 3.05) is 6.61 Å². The quantitative estimate of drug-likeness (QED) is 0.561. The average Bonchev–Trinajstić information content (AvgIpc) is 2.58. The lowest BCUT2D eigenvalue weighted by Gasteiger charge is -2.06. The summed E-state index contributed by atoms with van der Waals surface area (Å²) in [5.41, 5.74) is 0.481. The standard InChI is InChI=1S/C8H9NO4/c10-4-6(7(11)8(12)13)5-1-2-9-3-5/h1-3,6,9-10H,4H2,(H,12,13). The number of aliphatic hydroxyl groups excluding tert-OH is 1. The molecule has 0 fully saturated rings. The third-order valence-electron chi connectivity index (χ3n) is 1.73. The van der Waals surface area contributed by atoms with Crippen LogP contribution in [0.25, 0.3) is 0 Å². The van der Waals surface area contributed by atoms with Gasteiger partial charge in [-0.05, 0) is 11.6 Å². The van der Waals surface area contributed by atoms with E-state index in [0.29, 0.717) is 5.56 Å². The molecule has 13 heavy (non-hydrogen) atoms. The highest BCUT2D eigenvalue weighted by molar-refractivity contribution is 6.35. The molecule has 5 nitrogen and oxygen atoms in total. The van der Waals surface area contributed by atoms with Crippen LogP contribution in [0.5, 0.6) is 0 Å². The Bertz CT molecular complexity index is 304. The first-order valence-electron chi connectivity index (χ1n) is 3.67. The van der Waals surface area contributed by atoms with Crippen LogP contribution < -0.4 is 0 Å². The predicted octanol–water partition coefficient (Wildman–Crippen LogP) is -0.256. The maximum absolute atomic E-state index is 11.0. The zero-order valence-electron chi connectivity index (χ0n) is 6.73. The largest absolute Gasteiger partial charge is 0.475 e. The molecule has 0 bridgehead atoms. The van der Waals surface area contributed by atoms with Gasteiger partial charge in [-0.25, -0.2) is 4.79 Å². The van der Waals surface area contributed by atoms with Gasteiger partial charge < -0.3 is 15.2 Å². The maximum Gasteiger partial charge on any atom is 0.372 e. The second-order valence-electron chi connectivity index (χ2n) is 2.55. The van der Waals surface area contributed by atoms with Crippen LogP contribution in [0.15, 0.2) is 18.5 Å². The van der Waals surface area contributed by atoms with E-state index in [2.05, 4.69) is 4.98 Å². The maximum atomic E-state index is 11.0. The number of carboxylic acids is 1. The van der Waals surface area contributed by atoms with Crippen LogP contribution in [0.3, 0.4) is 0 Å². The first-order valence-corrected chi connectivity index (χ1v) is 3.67. The van der Waals surface area contributed by atoms with E-state index < -0.39 is 24.3 Å². The zero-order chi connectivity index (χ0) is 9.84. The monoisotopic (exact) mass is 183 g/mol. The predicted molar refractivity (Wildman–Crippen MR) is 43.3 cm³/mol. The molecule has 5 heteroatoms. The number of nitrogens with one attached hydrogen (secondary N) is 1. The summed E-state index contributed by atoms with van der Waals surface area (Å²) in [7, 11) is 0. The van der Waals surface area contributed by atoms with Gasteiger partial charge in [0.1, 0.15) is 0 Å². The summed E-state index contributed by atoms with van der Waals surface area (Å²) in [6.45, 7) is -0.497. The third-order valence-corrected chi connectivity index (χ3v) is 1.73. The van der Waals surface area contributed by atoms with Crippen molar-refractivity contribution in [3.05, 3.63) is 24.0 Å². The molecule has 1 aromatic rings. The van der Waals surface area contributed by atoms with E-state index in [4.69, 9.17) is 10.2 Å². The molecule has 0 aliphatic rings. The highest BCUT2D eigenvalue weighted by Gasteiger charge is 2.25. The number of aromatic amines is 1. The fourth-order valence-corrected chi connectivity index (χ4v) is 1.04. The molecule has 1 atom stereocenters. The number of aliphatic hydroxyl groups is 1. The normalized spacial score (nSPS) is 12.4. The van der Waals surface area contributed by atoms with Crippen molar-refractivity contribution in [1.82, 2.24) is 4.98 Å². The highest BCUT2D eigenvalue weighted by atomic mass is 16.4. The Morgan fingerprint density at radius 1 is 1.54 bits per heavy atom. The molecule has 0 saturated heterocycles. The van der Waals surface area contributed by atoms with Crippen molar-refractivity contribution in [3.63, 3.8) is 0 Å². The Morgan fingerprint density at radius 2 is 2.23 bits per heavy atom. The van der Waals surface area contributed by atoms with Crippen molar-refractivity contribution >= 4 is 11.8 Å². The number of hydrogen-bond donors (Lipinski definition) is 3. The lowest BCUT2D eigenvalue weighted by Crippen LogP contribution is -2.23. The van der Waals surface area contributed by atoms with Gasteiger partial charge in [0.15, 0.2) is 0 Å². The number of ketones is 1. The van der Waals surface area contributed by atoms with E-state index in [9.17, 15) is 9.59 Å². The Morgan fingerprint density at radius 3 is 2.62 bits per heavy atom. The Kier molecular flexibility index (Phi) is 2.81. The summed E-state index contributed by atoms with van der Waals surface area (Å²) in [5, 5.41) is 17.2. The first kappa shape index (κ1) is 9.47. The Hall–Kier alpha value is -1.62. The zero-order valence-corrected chi connectivity index (χ0v) is 6.73. The molecular weight excluding hydrogens is 174 g/mol. The van der Waals surface area contributed by atoms with Crippen LogP contribution in [0.4, 0.5) is 0 Å². The average molecular weight is 183 g/mol. The molecule has 3 N–H and O–H groups in total. The topological polar surface area (TPSA) is 90.4 Å². The number of rotatable bonds is 4. The van der Waals surface area contributed by atoms with Gasteiger partial charge in [0.25, 0.3) is 0 Å². The number of carboxylic acid groups (broad SMARTS) is 1. The Balaban J connectivity index is 2.86. The third kappa shape index (κ3) is 1.94. The smallest absolute Gasteiger partial charge is 0.372 e. The molecule has 1 heterocycles. The van der Waals surface area contributed by atoms with Crippen molar-refractivity contribution < 1.29 is 19.8 Å². The summed E-state index contributed by atoms with van der Waals surface area (Å²) in [6, 6.07) is 1.56. The van der Waals surface area contributed by atoms with E-state index in [0.717, 1.165) is 0 Å². The number of carbonyl (C=O) groups is 2. The lowest BCUT2D eigenvalue weighted by atomic mass is 9.98. The van der Waals surface area contributed by atoms with Gasteiger partial charge in [-0.1, -0.05) is 0 Å². The number of hydrogen-bond acceptors (Lipinski definition) is 3. The van der Waals surface area contributed by atoms with Crippen LogP contribution in [-0.4, -0.2) is 33.6 Å². The second-order valence-corrected chi connectivity index (χ2v) is 2.55. The summed E-state index contributed by atoms with van der Waals surface area (Å²) >= 11 is 0. The molecule has 70 valence electrons. The molecule has 0 aliphatic heterocycles. The second kappa shape index (κ2) is 3.86. The van der Waals surface area contributed by atoms with Crippen molar-refractivity contribution in [1.29, 1.82) is 0 Å². The van der Waals surface area contributed by atoms with Gasteiger partial charge >= 0.3 is 5.97 Å². The lowest BCUT2D eigenvalue weighted by molar-refractivity contribution is -0.150. The summed E-state index contributed by atoms with van der Waals surface area (Å²) in [6.07, 6.45) is 3.05. The van der Waals surface area contributed by atoms with Gasteiger partial charge in [-0.3, -0.25) is 4.79 Å². The van der Waals surface area contributed by atoms with Crippen molar-refractivity contribution in [2.45, 2.75) is 5.92 Å². The van der Waals surface area contributed by atoms with E-state index in [1.807, 2.05) is 0 Å². The van der Waals surface area contributed by atoms with Crippen molar-refractivity contribution in [2.24, 2.45) is 0 Å². The molecular formula is C8H9NO4. The summed E-state index contributed by atoms with van der Waals surface area (Å²) in [5.74, 6) is -3.49. The van der Waals surface area contributed by atoms with Crippen LogP contribution in [0, 0.1) is 0 Å². The molecule has 0 aliphatic carbocycles. The molecule has 0 amide bonds. The fraction of sp³-hybridized carbons (Fsp3) is 0.250. The van der Waals surface area contributed by atoms with Gasteiger partial charge in [-0.15, -0.1) is 0 Å². The molecule has 0 saturated carbocycles. The van der Waals surface area contributed by atoms with E-state index in [1.54, 1.807) is 12.3 Å². The SMILES string of the molecule is O=C(O)C(=O)C(CO)c1cc[nH]c1. The summed E-state index contributed by atoms with van der Waals surface area (Å²) in [4.78, 5) is 24.0. The van der Waals surface area contributed by atoms with E-state index in [-0.39, 0.29) is 0 Å². The van der Waals surface area contributed by atoms with Gasteiger partial charge in [0.2, 0.25) is 5.78 Å². The minimum absolute atomic E-state index is 0.481. The molecule has 1 aromatic heterocycles. The number of carbonyl (C=O) groups excluding carboxylic acids is 1. The molecule has 1 rings (SSSR count). The van der Waals surface area contributed by atoms with Crippen molar-refractivity contribution in [3.8, 4) is 0 Å². The van der Waals surface area contributed by atoms with Crippen LogP contribution in [-0.2, 0) is 9.59 Å². The minimum Gasteiger partial charge on any atom is -0.475 e. The minimum atomic E-state index is -1.53. The van der Waals surface area contributed by atoms with Crippen LogP contribution in [0.2, 0.25) is 0 Å². The number of aliphatic carboxylic acids is 1. The van der Waals surface area contributed by atoms with Gasteiger partial charge in [0.05, 0.1) is 12.5 Å². The van der Waals surface area contributed by atoms with Crippen LogP contribution >= 0.6 is 0 Å². The van der Waals surface area contributed by atoms with Gasteiger partial charge in [-0.2, -0.15) is 0 Å². The van der Waals surface area contributed by atoms with E-state index >= 15 is 0 Å². The number of Topliss-reactive ketones (excluding diaryl/α,β-unsaturated/α-hetero) is 1. The van der Waals surface area contributed by atoms with E-state index in [1.165, 1.54) is 6.20 Å². The first-order chi connectivity index (χ1) is 6.16. The summed E-state index contributed by atoms with van der Waals surface area (Å²) < 4.78 is 0. The molecule has 1 unspecified atom stereocenters. The molecule has 0 spiro atoms. The highest BCUT2D eigenvalue weighted by Crippen LogP contribution is 2.15. The van der Waals surface area contributed by atoms with Gasteiger partial charge in [0, 0.05) is 12.4 Å². The molecule has 0 aromatic carbocycles. The van der Waals surface area contributed by atoms with Crippen LogP contribution in [0.1, 0.15) is 11.5 Å². The number of aromatic nitrogens is 1. The number of H-pyrrole nitrogens is 1. The Labute approximate surface area is 74.0 Å².